The number of anilines is 1. The summed E-state index contributed by atoms with van der Waals surface area (Å²) in [4.78, 5) is 24.7. The van der Waals surface area contributed by atoms with Crippen molar-refractivity contribution in [2.75, 3.05) is 32.1 Å². The largest absolute Gasteiger partial charge is 0.378 e. The van der Waals surface area contributed by atoms with E-state index in [2.05, 4.69) is 20.6 Å². The van der Waals surface area contributed by atoms with Gasteiger partial charge in [-0.2, -0.15) is 0 Å². The van der Waals surface area contributed by atoms with Crippen molar-refractivity contribution in [3.05, 3.63) is 52.2 Å². The molecule has 1 aliphatic carbocycles. The van der Waals surface area contributed by atoms with Crippen molar-refractivity contribution in [3.8, 4) is 11.1 Å². The van der Waals surface area contributed by atoms with Crippen LogP contribution in [0, 0.1) is 19.8 Å². The molecule has 0 aromatic carbocycles. The Balaban J connectivity index is 1.44. The molecule has 0 radical (unpaired) electrons. The third-order valence-corrected chi connectivity index (χ3v) is 7.74. The van der Waals surface area contributed by atoms with Crippen molar-refractivity contribution in [1.82, 2.24) is 20.3 Å². The normalized spacial score (nSPS) is 24.0. The molecular formula is C28H35F2N5O3. The number of fused-ring (bicyclic) bond motifs is 1. The van der Waals surface area contributed by atoms with E-state index in [1.54, 1.807) is 32.6 Å². The van der Waals surface area contributed by atoms with Gasteiger partial charge in [-0.25, -0.2) is 13.8 Å². The number of hydrogen-bond acceptors (Lipinski definition) is 7. The van der Waals surface area contributed by atoms with Gasteiger partial charge >= 0.3 is 0 Å². The van der Waals surface area contributed by atoms with E-state index < -0.39 is 5.92 Å². The Kier molecular flexibility index (Phi) is 7.74. The minimum atomic E-state index is -2.56. The molecule has 0 spiro atoms. The Bertz CT molecular complexity index is 1340. The average Bonchev–Trinajstić information content (AvgIpc) is 2.89. The fourth-order valence-electron chi connectivity index (χ4n) is 5.46. The lowest BCUT2D eigenvalue weighted by atomic mass is 9.87. The van der Waals surface area contributed by atoms with Crippen LogP contribution in [0.4, 0.5) is 14.6 Å². The topological polar surface area (TPSA) is 101 Å². The smallest absolute Gasteiger partial charge is 0.251 e. The van der Waals surface area contributed by atoms with Crippen molar-refractivity contribution >= 4 is 16.7 Å². The third-order valence-electron chi connectivity index (χ3n) is 7.74. The summed E-state index contributed by atoms with van der Waals surface area (Å²) in [5.74, 6) is -1.92. The van der Waals surface area contributed by atoms with E-state index in [0.717, 1.165) is 22.1 Å². The number of nitrogens with zero attached hydrogens (tertiary/aromatic N) is 2. The van der Waals surface area contributed by atoms with E-state index in [0.29, 0.717) is 49.4 Å². The van der Waals surface area contributed by atoms with Crippen LogP contribution in [0.1, 0.15) is 36.8 Å². The fourth-order valence-corrected chi connectivity index (χ4v) is 5.46. The predicted molar refractivity (Wildman–Crippen MR) is 143 cm³/mol. The van der Waals surface area contributed by atoms with E-state index >= 15 is 0 Å². The van der Waals surface area contributed by atoms with E-state index in [1.807, 2.05) is 19.1 Å². The fraction of sp³-hybridized carbons (Fsp3) is 0.536. The molecule has 204 valence electrons. The molecule has 1 saturated carbocycles. The number of halogens is 2. The Morgan fingerprint density at radius 1 is 1.11 bits per heavy atom. The second-order valence-corrected chi connectivity index (χ2v) is 10.6. The minimum absolute atomic E-state index is 0.0855. The summed E-state index contributed by atoms with van der Waals surface area (Å²) >= 11 is 0. The molecule has 4 heterocycles. The van der Waals surface area contributed by atoms with Crippen molar-refractivity contribution in [2.24, 2.45) is 5.92 Å². The van der Waals surface area contributed by atoms with Gasteiger partial charge in [-0.3, -0.25) is 9.78 Å². The third kappa shape index (κ3) is 5.72. The average molecular weight is 528 g/mol. The highest BCUT2D eigenvalue weighted by Crippen LogP contribution is 2.37. The summed E-state index contributed by atoms with van der Waals surface area (Å²) in [7, 11) is 1.65. The number of H-pyrrole nitrogens is 1. The lowest BCUT2D eigenvalue weighted by Gasteiger charge is -2.39. The summed E-state index contributed by atoms with van der Waals surface area (Å²) in [5, 5.41) is 7.71. The number of aromatic nitrogens is 3. The summed E-state index contributed by atoms with van der Waals surface area (Å²) in [6.45, 7) is 5.38. The molecule has 3 aromatic rings. The maximum absolute atomic E-state index is 13.6. The first-order valence-corrected chi connectivity index (χ1v) is 13.2. The van der Waals surface area contributed by atoms with Gasteiger partial charge in [0.1, 0.15) is 0 Å². The Morgan fingerprint density at radius 3 is 2.61 bits per heavy atom. The SMILES string of the molecule is CO[C@@H]1CNC[C@H](OCC2CCC(F)(F)CC2)[C@H]1Nc1ncc(-c2cncc(C)c2)c2cc(C)c(=O)[nH]c12. The summed E-state index contributed by atoms with van der Waals surface area (Å²) in [6, 6.07) is 3.65. The zero-order valence-electron chi connectivity index (χ0n) is 22.0. The second-order valence-electron chi connectivity index (χ2n) is 10.6. The van der Waals surface area contributed by atoms with Crippen LogP contribution in [-0.4, -0.2) is 65.9 Å². The molecule has 38 heavy (non-hydrogen) atoms. The monoisotopic (exact) mass is 527 g/mol. The zero-order valence-corrected chi connectivity index (χ0v) is 22.0. The van der Waals surface area contributed by atoms with Crippen LogP contribution in [0.3, 0.4) is 0 Å². The molecule has 0 amide bonds. The van der Waals surface area contributed by atoms with Gasteiger partial charge in [0.2, 0.25) is 5.92 Å². The summed E-state index contributed by atoms with van der Waals surface area (Å²) in [6.07, 6.45) is 5.63. The number of nitrogens with one attached hydrogen (secondary N) is 3. The zero-order chi connectivity index (χ0) is 26.9. The van der Waals surface area contributed by atoms with Gasteiger partial charge < -0.3 is 25.1 Å². The lowest BCUT2D eigenvalue weighted by molar-refractivity contribution is -0.0747. The van der Waals surface area contributed by atoms with Gasteiger partial charge in [-0.05, 0) is 50.3 Å². The van der Waals surface area contributed by atoms with Crippen LogP contribution in [0.5, 0.6) is 0 Å². The highest BCUT2D eigenvalue weighted by Gasteiger charge is 2.38. The van der Waals surface area contributed by atoms with E-state index in [9.17, 15) is 13.6 Å². The van der Waals surface area contributed by atoms with Crippen LogP contribution in [0.15, 0.2) is 35.5 Å². The maximum Gasteiger partial charge on any atom is 0.251 e. The number of methoxy groups -OCH3 is 1. The minimum Gasteiger partial charge on any atom is -0.378 e. The van der Waals surface area contributed by atoms with Gasteiger partial charge in [0, 0.05) is 80.3 Å². The number of rotatable bonds is 7. The first-order valence-electron chi connectivity index (χ1n) is 13.2. The molecule has 2 fully saturated rings. The molecular weight excluding hydrogens is 492 g/mol. The van der Waals surface area contributed by atoms with Crippen LogP contribution in [-0.2, 0) is 9.47 Å². The van der Waals surface area contributed by atoms with E-state index in [4.69, 9.17) is 14.5 Å². The predicted octanol–water partition coefficient (Wildman–Crippen LogP) is 4.21. The van der Waals surface area contributed by atoms with Crippen molar-refractivity contribution in [3.63, 3.8) is 0 Å². The number of ether oxygens (including phenoxy) is 2. The van der Waals surface area contributed by atoms with Crippen LogP contribution < -0.4 is 16.2 Å². The Morgan fingerprint density at radius 2 is 1.87 bits per heavy atom. The van der Waals surface area contributed by atoms with Gasteiger partial charge in [0.15, 0.2) is 5.82 Å². The van der Waals surface area contributed by atoms with Crippen molar-refractivity contribution < 1.29 is 18.3 Å². The first kappa shape index (κ1) is 26.6. The molecule has 3 N–H and O–H groups in total. The number of aryl methyl sites for hydroxylation is 2. The lowest BCUT2D eigenvalue weighted by Crippen LogP contribution is -2.58. The summed E-state index contributed by atoms with van der Waals surface area (Å²) < 4.78 is 39.3. The number of hydrogen-bond donors (Lipinski definition) is 3. The molecule has 3 aromatic heterocycles. The number of alkyl halides is 2. The van der Waals surface area contributed by atoms with Gasteiger partial charge in [0.25, 0.3) is 5.56 Å². The van der Waals surface area contributed by atoms with Crippen molar-refractivity contribution in [1.29, 1.82) is 0 Å². The highest BCUT2D eigenvalue weighted by molar-refractivity contribution is 5.99. The van der Waals surface area contributed by atoms with Gasteiger partial charge in [-0.15, -0.1) is 0 Å². The van der Waals surface area contributed by atoms with Gasteiger partial charge in [-0.1, -0.05) is 0 Å². The number of piperidine rings is 1. The van der Waals surface area contributed by atoms with E-state index in [1.165, 1.54) is 0 Å². The molecule has 0 bridgehead atoms. The first-order chi connectivity index (χ1) is 18.2. The molecule has 1 saturated heterocycles. The number of pyridine rings is 3. The van der Waals surface area contributed by atoms with Crippen molar-refractivity contribution in [2.45, 2.75) is 63.7 Å². The second kappa shape index (κ2) is 11.0. The Hall–Kier alpha value is -2.95. The molecule has 2 aliphatic rings. The number of aromatic amines is 1. The van der Waals surface area contributed by atoms with Crippen LogP contribution in [0.2, 0.25) is 0 Å². The standard InChI is InChI=1S/C28H35F2N5O3/c1-16-8-19(11-31-10-16)21-12-33-26(24-20(21)9-17(2)27(36)35-24)34-25-22(37-3)13-32-14-23(25)38-15-18-4-6-28(29,30)7-5-18/h8-12,18,22-23,25,32H,4-7,13-15H2,1-3H3,(H,33,34)(H,35,36)/t22-,23+,25+/m1/s1. The quantitative estimate of drug-likeness (QED) is 0.423. The molecule has 3 atom stereocenters. The molecule has 10 heteroatoms. The van der Waals surface area contributed by atoms with Gasteiger partial charge in [0.05, 0.1) is 23.8 Å². The van der Waals surface area contributed by atoms with E-state index in [-0.39, 0.29) is 42.6 Å². The molecule has 5 rings (SSSR count). The molecule has 1 aliphatic heterocycles. The molecule has 0 unspecified atom stereocenters. The molecule has 8 nitrogen and oxygen atoms in total. The Labute approximate surface area is 220 Å². The maximum atomic E-state index is 13.6. The summed E-state index contributed by atoms with van der Waals surface area (Å²) in [5.41, 5.74) is 3.83. The highest BCUT2D eigenvalue weighted by atomic mass is 19.3. The van der Waals surface area contributed by atoms with Crippen LogP contribution >= 0.6 is 0 Å². The van der Waals surface area contributed by atoms with Crippen LogP contribution in [0.25, 0.3) is 22.0 Å².